The Morgan fingerprint density at radius 1 is 1.03 bits per heavy atom. The molecule has 12 heteroatoms. The van der Waals surface area contributed by atoms with Crippen LogP contribution in [-0.4, -0.2) is 52.1 Å². The van der Waals surface area contributed by atoms with Crippen molar-refractivity contribution >= 4 is 33.8 Å². The lowest BCUT2D eigenvalue weighted by Gasteiger charge is -2.20. The van der Waals surface area contributed by atoms with Crippen molar-refractivity contribution in [3.63, 3.8) is 0 Å². The van der Waals surface area contributed by atoms with Crippen LogP contribution < -0.4 is 5.32 Å². The van der Waals surface area contributed by atoms with E-state index in [9.17, 15) is 22.8 Å². The molecule has 182 valence electrons. The highest BCUT2D eigenvalue weighted by atomic mass is 32.2. The average Bonchev–Trinajstić information content (AvgIpc) is 3.44. The van der Waals surface area contributed by atoms with E-state index in [1.165, 1.54) is 28.6 Å². The third-order valence-electron chi connectivity index (χ3n) is 5.44. The van der Waals surface area contributed by atoms with Crippen molar-refractivity contribution in [2.45, 2.75) is 37.8 Å². The van der Waals surface area contributed by atoms with Crippen molar-refractivity contribution in [1.29, 1.82) is 0 Å². The summed E-state index contributed by atoms with van der Waals surface area (Å²) in [7, 11) is -3.77. The molecule has 0 spiro atoms. The predicted octanol–water partition coefficient (Wildman–Crippen LogP) is 2.18. The van der Waals surface area contributed by atoms with E-state index < -0.39 is 15.9 Å². The molecule has 0 aliphatic carbocycles. The van der Waals surface area contributed by atoms with Gasteiger partial charge in [0.1, 0.15) is 6.54 Å². The summed E-state index contributed by atoms with van der Waals surface area (Å²) in [5.41, 5.74) is 1.05. The number of imide groups is 1. The number of sulfonamides is 1. The Hall–Kier alpha value is -3.90. The van der Waals surface area contributed by atoms with Crippen LogP contribution in [0.1, 0.15) is 41.6 Å². The monoisotopic (exact) mass is 497 g/mol. The smallest absolute Gasteiger partial charge is 0.322 e. The van der Waals surface area contributed by atoms with Crippen LogP contribution in [0.4, 0.5) is 6.01 Å². The molecule has 1 aliphatic rings. The molecule has 3 aromatic rings. The summed E-state index contributed by atoms with van der Waals surface area (Å²) in [6.07, 6.45) is 0.287. The standard InChI is InChI=1S/C23H23N5O6S/c1-2-27(14-16-6-4-3-5-7-16)35(32,33)18-10-8-17(9-11-18)22(31)24-23-26-25-19(34-23)15-28-20(29)12-13-21(28)30/h3-11H,2,12-15H2,1H3,(H,24,26,31). The van der Waals surface area contributed by atoms with Gasteiger partial charge in [-0.15, -0.1) is 5.10 Å². The Labute approximate surface area is 201 Å². The Kier molecular flexibility index (Phi) is 7.03. The van der Waals surface area contributed by atoms with Gasteiger partial charge in [-0.25, -0.2) is 8.42 Å². The number of nitrogens with one attached hydrogen (secondary N) is 1. The Balaban J connectivity index is 1.41. The van der Waals surface area contributed by atoms with E-state index in [0.717, 1.165) is 10.5 Å². The molecule has 4 rings (SSSR count). The zero-order valence-corrected chi connectivity index (χ0v) is 19.7. The Morgan fingerprint density at radius 3 is 2.31 bits per heavy atom. The van der Waals surface area contributed by atoms with Crippen LogP contribution in [0.15, 0.2) is 63.9 Å². The highest BCUT2D eigenvalue weighted by Crippen LogP contribution is 2.20. The van der Waals surface area contributed by atoms with E-state index in [0.29, 0.717) is 0 Å². The number of nitrogens with zero attached hydrogens (tertiary/aromatic N) is 4. The van der Waals surface area contributed by atoms with E-state index in [-0.39, 0.29) is 66.7 Å². The number of hydrogen-bond donors (Lipinski definition) is 1. The van der Waals surface area contributed by atoms with Gasteiger partial charge in [-0.1, -0.05) is 42.4 Å². The van der Waals surface area contributed by atoms with Gasteiger partial charge in [-0.05, 0) is 29.8 Å². The minimum Gasteiger partial charge on any atom is -0.406 e. The molecule has 1 fully saturated rings. The SMILES string of the molecule is CCN(Cc1ccccc1)S(=O)(=O)c1ccc(C(=O)Nc2nnc(CN3C(=O)CCC3=O)o2)cc1. The second kappa shape index (κ2) is 10.2. The number of hydrogen-bond acceptors (Lipinski definition) is 8. The third-order valence-corrected chi connectivity index (χ3v) is 7.38. The van der Waals surface area contributed by atoms with Gasteiger partial charge in [0.25, 0.3) is 5.91 Å². The number of carbonyl (C=O) groups is 3. The first-order chi connectivity index (χ1) is 16.8. The fraction of sp³-hybridized carbons (Fsp3) is 0.261. The van der Waals surface area contributed by atoms with E-state index in [2.05, 4.69) is 15.5 Å². The minimum absolute atomic E-state index is 0.00316. The highest BCUT2D eigenvalue weighted by molar-refractivity contribution is 7.89. The minimum atomic E-state index is -3.77. The molecule has 1 aromatic heterocycles. The second-order valence-corrected chi connectivity index (χ2v) is 9.71. The van der Waals surface area contributed by atoms with Crippen molar-refractivity contribution in [2.75, 3.05) is 11.9 Å². The highest BCUT2D eigenvalue weighted by Gasteiger charge is 2.30. The van der Waals surface area contributed by atoms with Gasteiger partial charge in [-0.3, -0.25) is 24.6 Å². The van der Waals surface area contributed by atoms with Gasteiger partial charge >= 0.3 is 6.01 Å². The molecule has 0 radical (unpaired) electrons. The molecule has 0 atom stereocenters. The first-order valence-corrected chi connectivity index (χ1v) is 12.3. The molecular formula is C23H23N5O6S. The van der Waals surface area contributed by atoms with Gasteiger partial charge in [0.05, 0.1) is 4.90 Å². The molecule has 11 nitrogen and oxygen atoms in total. The quantitative estimate of drug-likeness (QED) is 0.443. The Morgan fingerprint density at radius 2 is 1.69 bits per heavy atom. The fourth-order valence-electron chi connectivity index (χ4n) is 3.55. The summed E-state index contributed by atoms with van der Waals surface area (Å²) in [6, 6.07) is 14.6. The van der Waals surface area contributed by atoms with Crippen molar-refractivity contribution in [3.8, 4) is 0 Å². The van der Waals surface area contributed by atoms with Crippen LogP contribution in [0.25, 0.3) is 0 Å². The number of likely N-dealkylation sites (tertiary alicyclic amines) is 1. The van der Waals surface area contributed by atoms with Crippen LogP contribution in [-0.2, 0) is 32.7 Å². The zero-order chi connectivity index (χ0) is 25.0. The van der Waals surface area contributed by atoms with Crippen LogP contribution in [0, 0.1) is 0 Å². The lowest BCUT2D eigenvalue weighted by molar-refractivity contribution is -0.139. The summed E-state index contributed by atoms with van der Waals surface area (Å²) in [5.74, 6) is -1.23. The van der Waals surface area contributed by atoms with Gasteiger partial charge < -0.3 is 4.42 Å². The molecular weight excluding hydrogens is 474 g/mol. The fourth-order valence-corrected chi connectivity index (χ4v) is 4.99. The summed E-state index contributed by atoms with van der Waals surface area (Å²) in [4.78, 5) is 37.1. The van der Waals surface area contributed by atoms with E-state index >= 15 is 0 Å². The zero-order valence-electron chi connectivity index (χ0n) is 18.9. The molecule has 2 aromatic carbocycles. The number of anilines is 1. The molecule has 1 saturated heterocycles. The van der Waals surface area contributed by atoms with Crippen molar-refractivity contribution in [2.24, 2.45) is 0 Å². The molecule has 0 bridgehead atoms. The molecule has 35 heavy (non-hydrogen) atoms. The summed E-state index contributed by atoms with van der Waals surface area (Å²) < 4.78 is 32.8. The van der Waals surface area contributed by atoms with Crippen LogP contribution in [0.2, 0.25) is 0 Å². The largest absolute Gasteiger partial charge is 0.406 e. The van der Waals surface area contributed by atoms with Gasteiger partial charge in [0.15, 0.2) is 0 Å². The molecule has 1 aliphatic heterocycles. The number of aromatic nitrogens is 2. The van der Waals surface area contributed by atoms with Gasteiger partial charge in [-0.2, -0.15) is 4.31 Å². The van der Waals surface area contributed by atoms with Gasteiger partial charge in [0, 0.05) is 31.5 Å². The first-order valence-electron chi connectivity index (χ1n) is 10.9. The first kappa shape index (κ1) is 24.2. The lowest BCUT2D eigenvalue weighted by Crippen LogP contribution is -2.30. The topological polar surface area (TPSA) is 143 Å². The number of rotatable bonds is 9. The summed E-state index contributed by atoms with van der Waals surface area (Å²) in [6.45, 7) is 2.12. The van der Waals surface area contributed by atoms with Crippen LogP contribution in [0.5, 0.6) is 0 Å². The summed E-state index contributed by atoms with van der Waals surface area (Å²) >= 11 is 0. The number of benzene rings is 2. The van der Waals surface area contributed by atoms with Crippen LogP contribution in [0.3, 0.4) is 0 Å². The lowest BCUT2D eigenvalue weighted by atomic mass is 10.2. The Bertz CT molecular complexity index is 1320. The maximum absolute atomic E-state index is 13.1. The second-order valence-electron chi connectivity index (χ2n) is 7.77. The molecule has 0 unspecified atom stereocenters. The van der Waals surface area contributed by atoms with Crippen molar-refractivity contribution < 1.29 is 27.2 Å². The number of carbonyl (C=O) groups excluding carboxylic acids is 3. The van der Waals surface area contributed by atoms with E-state index in [1.54, 1.807) is 6.92 Å². The molecule has 0 saturated carbocycles. The number of amides is 3. The van der Waals surface area contributed by atoms with Crippen molar-refractivity contribution in [1.82, 2.24) is 19.4 Å². The van der Waals surface area contributed by atoms with Crippen molar-refractivity contribution in [3.05, 3.63) is 71.6 Å². The van der Waals surface area contributed by atoms with E-state index in [1.807, 2.05) is 30.3 Å². The van der Waals surface area contributed by atoms with E-state index in [4.69, 9.17) is 4.42 Å². The molecule has 3 amide bonds. The maximum atomic E-state index is 13.1. The average molecular weight is 498 g/mol. The molecule has 2 heterocycles. The maximum Gasteiger partial charge on any atom is 0.322 e. The normalized spacial score (nSPS) is 14.1. The van der Waals surface area contributed by atoms with Crippen LogP contribution >= 0.6 is 0 Å². The molecule has 1 N–H and O–H groups in total. The third kappa shape index (κ3) is 5.44. The predicted molar refractivity (Wildman–Crippen MR) is 123 cm³/mol. The van der Waals surface area contributed by atoms with Gasteiger partial charge in [0.2, 0.25) is 27.7 Å². The summed E-state index contributed by atoms with van der Waals surface area (Å²) in [5, 5.41) is 9.87.